The first-order valence-electron chi connectivity index (χ1n) is 6.98. The van der Waals surface area contributed by atoms with Crippen molar-refractivity contribution in [2.75, 3.05) is 11.4 Å². The van der Waals surface area contributed by atoms with E-state index < -0.39 is 0 Å². The molecular weight excluding hydrogens is 305 g/mol. The third-order valence-electron chi connectivity index (χ3n) is 3.32. The normalized spacial score (nSPS) is 12.2. The molecule has 0 aliphatic heterocycles. The maximum Gasteiger partial charge on any atom is 0.127 e. The Morgan fingerprint density at radius 2 is 1.76 bits per heavy atom. The minimum Gasteiger partial charge on any atom is -0.354 e. The molecule has 0 N–H and O–H groups in total. The lowest BCUT2D eigenvalue weighted by atomic mass is 10.2. The second-order valence-electron chi connectivity index (χ2n) is 4.80. The van der Waals surface area contributed by atoms with Gasteiger partial charge in [-0.15, -0.1) is 0 Å². The molecule has 2 rings (SSSR count). The molecular formula is C17H19Cl2NO. The topological polar surface area (TPSA) is 12.5 Å². The van der Waals surface area contributed by atoms with Gasteiger partial charge in [0, 0.05) is 22.3 Å². The molecule has 21 heavy (non-hydrogen) atoms. The summed E-state index contributed by atoms with van der Waals surface area (Å²) in [6, 6.07) is 15.5. The van der Waals surface area contributed by atoms with Gasteiger partial charge >= 0.3 is 0 Å². The predicted octanol–water partition coefficient (Wildman–Crippen LogP) is 5.38. The minimum atomic E-state index is -0.0378. The number of hydrogen-bond acceptors (Lipinski definition) is 2. The molecule has 0 heterocycles. The van der Waals surface area contributed by atoms with E-state index >= 15 is 0 Å². The van der Waals surface area contributed by atoms with Gasteiger partial charge < -0.3 is 9.64 Å². The fraction of sp³-hybridized carbons (Fsp3) is 0.294. The third kappa shape index (κ3) is 4.63. The maximum atomic E-state index is 6.06. The first-order chi connectivity index (χ1) is 10.1. The van der Waals surface area contributed by atoms with E-state index in [4.69, 9.17) is 27.9 Å². The minimum absolute atomic E-state index is 0.0378. The first-order valence-corrected chi connectivity index (χ1v) is 7.74. The molecule has 1 atom stereocenters. The zero-order valence-corrected chi connectivity index (χ0v) is 13.7. The van der Waals surface area contributed by atoms with Gasteiger partial charge in [-0.1, -0.05) is 41.4 Å². The number of benzene rings is 2. The van der Waals surface area contributed by atoms with E-state index in [1.54, 1.807) is 0 Å². The fourth-order valence-electron chi connectivity index (χ4n) is 2.19. The average Bonchev–Trinajstić information content (AvgIpc) is 2.47. The maximum absolute atomic E-state index is 6.06. The van der Waals surface area contributed by atoms with Gasteiger partial charge in [0.2, 0.25) is 0 Å². The molecule has 4 heteroatoms. The molecule has 0 aliphatic rings. The SMILES string of the molecule is CCN(c1cccc(Cl)c1)C(C)OCc1ccc(Cl)cc1. The van der Waals surface area contributed by atoms with Gasteiger partial charge in [-0.25, -0.2) is 0 Å². The largest absolute Gasteiger partial charge is 0.354 e. The van der Waals surface area contributed by atoms with Crippen molar-refractivity contribution >= 4 is 28.9 Å². The summed E-state index contributed by atoms with van der Waals surface area (Å²) in [7, 11) is 0. The monoisotopic (exact) mass is 323 g/mol. The van der Waals surface area contributed by atoms with E-state index in [2.05, 4.69) is 11.8 Å². The van der Waals surface area contributed by atoms with Crippen molar-refractivity contribution < 1.29 is 4.74 Å². The molecule has 2 aromatic carbocycles. The van der Waals surface area contributed by atoms with E-state index in [-0.39, 0.29) is 6.23 Å². The number of ether oxygens (including phenoxy) is 1. The number of nitrogens with zero attached hydrogens (tertiary/aromatic N) is 1. The smallest absolute Gasteiger partial charge is 0.127 e. The molecule has 1 unspecified atom stereocenters. The van der Waals surface area contributed by atoms with Gasteiger partial charge in [-0.05, 0) is 49.7 Å². The highest BCUT2D eigenvalue weighted by atomic mass is 35.5. The molecule has 0 amide bonds. The lowest BCUT2D eigenvalue weighted by Crippen LogP contribution is -2.34. The van der Waals surface area contributed by atoms with Crippen LogP contribution in [0.15, 0.2) is 48.5 Å². The standard InChI is InChI=1S/C17H19Cl2NO/c1-3-20(17-6-4-5-16(19)11-17)13(2)21-12-14-7-9-15(18)10-8-14/h4-11,13H,3,12H2,1-2H3. The summed E-state index contributed by atoms with van der Waals surface area (Å²) < 4.78 is 5.95. The number of hydrogen-bond donors (Lipinski definition) is 0. The van der Waals surface area contributed by atoms with Crippen molar-refractivity contribution in [2.24, 2.45) is 0 Å². The fourth-order valence-corrected chi connectivity index (χ4v) is 2.50. The van der Waals surface area contributed by atoms with Crippen molar-refractivity contribution in [3.8, 4) is 0 Å². The van der Waals surface area contributed by atoms with Crippen LogP contribution in [0.1, 0.15) is 19.4 Å². The Kier molecular flexibility index (Phi) is 5.92. The van der Waals surface area contributed by atoms with Crippen molar-refractivity contribution in [1.82, 2.24) is 0 Å². The van der Waals surface area contributed by atoms with Crippen LogP contribution in [-0.2, 0) is 11.3 Å². The highest BCUT2D eigenvalue weighted by molar-refractivity contribution is 6.31. The van der Waals surface area contributed by atoms with E-state index in [0.717, 1.165) is 27.8 Å². The van der Waals surface area contributed by atoms with Gasteiger partial charge in [0.1, 0.15) is 6.23 Å². The van der Waals surface area contributed by atoms with Crippen LogP contribution in [0.2, 0.25) is 10.0 Å². The van der Waals surface area contributed by atoms with E-state index in [1.165, 1.54) is 0 Å². The lowest BCUT2D eigenvalue weighted by molar-refractivity contribution is 0.0513. The van der Waals surface area contributed by atoms with Crippen LogP contribution in [0.25, 0.3) is 0 Å². The molecule has 112 valence electrons. The van der Waals surface area contributed by atoms with Crippen LogP contribution in [0, 0.1) is 0 Å². The highest BCUT2D eigenvalue weighted by Gasteiger charge is 2.13. The van der Waals surface area contributed by atoms with Crippen molar-refractivity contribution in [3.63, 3.8) is 0 Å². The van der Waals surface area contributed by atoms with Crippen molar-refractivity contribution in [3.05, 3.63) is 64.1 Å². The summed E-state index contributed by atoms with van der Waals surface area (Å²) in [6.07, 6.45) is -0.0378. The highest BCUT2D eigenvalue weighted by Crippen LogP contribution is 2.22. The summed E-state index contributed by atoms with van der Waals surface area (Å²) in [4.78, 5) is 2.17. The molecule has 0 aromatic heterocycles. The Hall–Kier alpha value is -1.22. The molecule has 0 aliphatic carbocycles. The Balaban J connectivity index is 2.00. The molecule has 0 bridgehead atoms. The summed E-state index contributed by atoms with van der Waals surface area (Å²) in [6.45, 7) is 5.54. The molecule has 0 fully saturated rings. The number of anilines is 1. The zero-order chi connectivity index (χ0) is 15.2. The zero-order valence-electron chi connectivity index (χ0n) is 12.2. The molecule has 2 aromatic rings. The Morgan fingerprint density at radius 1 is 1.05 bits per heavy atom. The molecule has 0 saturated carbocycles. The third-order valence-corrected chi connectivity index (χ3v) is 3.81. The van der Waals surface area contributed by atoms with Crippen LogP contribution < -0.4 is 4.90 Å². The molecule has 0 spiro atoms. The van der Waals surface area contributed by atoms with Gasteiger partial charge in [0.25, 0.3) is 0 Å². The first kappa shape index (κ1) is 16.2. The van der Waals surface area contributed by atoms with Gasteiger partial charge in [0.15, 0.2) is 0 Å². The van der Waals surface area contributed by atoms with Gasteiger partial charge in [-0.2, -0.15) is 0 Å². The Morgan fingerprint density at radius 3 is 2.38 bits per heavy atom. The summed E-state index contributed by atoms with van der Waals surface area (Å²) in [5.41, 5.74) is 2.17. The second kappa shape index (κ2) is 7.69. The van der Waals surface area contributed by atoms with E-state index in [0.29, 0.717) is 6.61 Å². The van der Waals surface area contributed by atoms with Crippen LogP contribution in [0.4, 0.5) is 5.69 Å². The van der Waals surface area contributed by atoms with Crippen molar-refractivity contribution in [1.29, 1.82) is 0 Å². The molecule has 0 saturated heterocycles. The quantitative estimate of drug-likeness (QED) is 0.661. The lowest BCUT2D eigenvalue weighted by Gasteiger charge is -2.30. The summed E-state index contributed by atoms with van der Waals surface area (Å²) >= 11 is 11.9. The Bertz CT molecular complexity index is 571. The van der Waals surface area contributed by atoms with Crippen molar-refractivity contribution in [2.45, 2.75) is 26.7 Å². The summed E-state index contributed by atoms with van der Waals surface area (Å²) in [5.74, 6) is 0. The number of rotatable bonds is 6. The average molecular weight is 324 g/mol. The predicted molar refractivity (Wildman–Crippen MR) is 90.2 cm³/mol. The molecule has 0 radical (unpaired) electrons. The van der Waals surface area contributed by atoms with Crippen LogP contribution in [0.5, 0.6) is 0 Å². The molecule has 2 nitrogen and oxygen atoms in total. The number of halogens is 2. The van der Waals surface area contributed by atoms with Crippen LogP contribution in [0.3, 0.4) is 0 Å². The summed E-state index contributed by atoms with van der Waals surface area (Å²) in [5, 5.41) is 1.47. The van der Waals surface area contributed by atoms with E-state index in [9.17, 15) is 0 Å². The Labute approximate surface area is 136 Å². The van der Waals surface area contributed by atoms with Gasteiger partial charge in [-0.3, -0.25) is 0 Å². The van der Waals surface area contributed by atoms with Crippen LogP contribution >= 0.6 is 23.2 Å². The van der Waals surface area contributed by atoms with Crippen LogP contribution in [-0.4, -0.2) is 12.8 Å². The van der Waals surface area contributed by atoms with E-state index in [1.807, 2.05) is 55.5 Å². The second-order valence-corrected chi connectivity index (χ2v) is 5.68. The van der Waals surface area contributed by atoms with Gasteiger partial charge in [0.05, 0.1) is 6.61 Å².